The van der Waals surface area contributed by atoms with Crippen LogP contribution >= 0.6 is 0 Å². The number of fused-ring (bicyclic) bond motifs is 2. The maximum Gasteiger partial charge on any atom is -0.0323 e. The van der Waals surface area contributed by atoms with E-state index in [1.54, 1.807) is 6.42 Å². The van der Waals surface area contributed by atoms with Gasteiger partial charge in [0, 0.05) is 0 Å². The summed E-state index contributed by atoms with van der Waals surface area (Å²) in [5.41, 5.74) is 0.711. The van der Waals surface area contributed by atoms with Crippen LogP contribution in [0.3, 0.4) is 0 Å². The van der Waals surface area contributed by atoms with Gasteiger partial charge in [0.05, 0.1) is 0 Å². The van der Waals surface area contributed by atoms with Crippen molar-refractivity contribution in [3.63, 3.8) is 0 Å². The fourth-order valence-electron chi connectivity index (χ4n) is 2.88. The maximum absolute atomic E-state index is 2.44. The Morgan fingerprint density at radius 1 is 1.22 bits per heavy atom. The average Bonchev–Trinajstić information content (AvgIpc) is 2.19. The molecule has 0 radical (unpaired) electrons. The molecule has 0 aromatic carbocycles. The largest absolute Gasteiger partial charge is 0.0596 e. The van der Waals surface area contributed by atoms with E-state index in [1.807, 2.05) is 0 Å². The van der Waals surface area contributed by atoms with Crippen molar-refractivity contribution >= 4 is 0 Å². The van der Waals surface area contributed by atoms with Crippen molar-refractivity contribution in [1.82, 2.24) is 0 Å². The monoisotopic (exact) mass is 124 g/mol. The zero-order valence-corrected chi connectivity index (χ0v) is 6.48. The molecule has 0 heterocycles. The molecule has 2 rings (SSSR count). The first kappa shape index (κ1) is 5.76. The minimum absolute atomic E-state index is 0.711. The molecule has 0 aromatic rings. The quantitative estimate of drug-likeness (QED) is 0.466. The van der Waals surface area contributed by atoms with E-state index in [4.69, 9.17) is 0 Å². The van der Waals surface area contributed by atoms with Crippen LogP contribution in [0.25, 0.3) is 0 Å². The van der Waals surface area contributed by atoms with Gasteiger partial charge < -0.3 is 0 Å². The van der Waals surface area contributed by atoms with Crippen LogP contribution in [0.4, 0.5) is 0 Å². The molecular formula is C9H16. The molecule has 0 unspecified atom stereocenters. The summed E-state index contributed by atoms with van der Waals surface area (Å²) < 4.78 is 0. The zero-order chi connectivity index (χ0) is 6.48. The fourth-order valence-corrected chi connectivity index (χ4v) is 2.88. The highest BCUT2D eigenvalue weighted by atomic mass is 14.5. The molecule has 0 nitrogen and oxygen atoms in total. The van der Waals surface area contributed by atoms with Crippen molar-refractivity contribution in [3.8, 4) is 0 Å². The normalized spacial score (nSPS) is 46.0. The van der Waals surface area contributed by atoms with E-state index < -0.39 is 0 Å². The van der Waals surface area contributed by atoms with E-state index >= 15 is 0 Å². The van der Waals surface area contributed by atoms with Gasteiger partial charge in [0.25, 0.3) is 0 Å². The third-order valence-corrected chi connectivity index (χ3v) is 3.46. The lowest BCUT2D eigenvalue weighted by atomic mass is 9.77. The molecule has 2 saturated carbocycles. The van der Waals surface area contributed by atoms with Crippen molar-refractivity contribution in [2.75, 3.05) is 0 Å². The Labute approximate surface area is 57.6 Å². The van der Waals surface area contributed by atoms with Crippen LogP contribution < -0.4 is 0 Å². The lowest BCUT2D eigenvalue weighted by Gasteiger charge is -2.29. The van der Waals surface area contributed by atoms with Crippen molar-refractivity contribution in [3.05, 3.63) is 0 Å². The Morgan fingerprint density at radius 2 is 2.00 bits per heavy atom. The van der Waals surface area contributed by atoms with Gasteiger partial charge in [-0.3, -0.25) is 0 Å². The van der Waals surface area contributed by atoms with Crippen LogP contribution in [0.2, 0.25) is 0 Å². The van der Waals surface area contributed by atoms with E-state index in [9.17, 15) is 0 Å². The summed E-state index contributed by atoms with van der Waals surface area (Å²) in [6.45, 7) is 4.88. The maximum atomic E-state index is 2.44. The van der Waals surface area contributed by atoms with Gasteiger partial charge in [-0.2, -0.15) is 0 Å². The number of rotatable bonds is 0. The minimum atomic E-state index is 0.711. The van der Waals surface area contributed by atoms with Gasteiger partial charge in [0.15, 0.2) is 0 Å². The van der Waals surface area contributed by atoms with Crippen LogP contribution in [0.5, 0.6) is 0 Å². The smallest absolute Gasteiger partial charge is 0.0323 e. The van der Waals surface area contributed by atoms with Crippen molar-refractivity contribution < 1.29 is 0 Å². The number of hydrogen-bond donors (Lipinski definition) is 0. The van der Waals surface area contributed by atoms with Gasteiger partial charge in [-0.25, -0.2) is 0 Å². The van der Waals surface area contributed by atoms with Crippen molar-refractivity contribution in [2.24, 2.45) is 17.3 Å². The predicted octanol–water partition coefficient (Wildman–Crippen LogP) is 2.83. The van der Waals surface area contributed by atoms with Crippen LogP contribution in [0, 0.1) is 17.3 Å². The highest BCUT2D eigenvalue weighted by Gasteiger charge is 2.44. The summed E-state index contributed by atoms with van der Waals surface area (Å²) in [6, 6.07) is 0. The summed E-state index contributed by atoms with van der Waals surface area (Å²) >= 11 is 0. The van der Waals surface area contributed by atoms with E-state index in [0.29, 0.717) is 5.41 Å². The first-order valence-corrected chi connectivity index (χ1v) is 4.18. The summed E-state index contributed by atoms with van der Waals surface area (Å²) in [5, 5.41) is 0. The second-order valence-corrected chi connectivity index (χ2v) is 4.57. The van der Waals surface area contributed by atoms with Crippen LogP contribution in [0.15, 0.2) is 0 Å². The molecule has 2 fully saturated rings. The van der Waals surface area contributed by atoms with Gasteiger partial charge in [-0.15, -0.1) is 0 Å². The molecular weight excluding hydrogens is 108 g/mol. The van der Waals surface area contributed by atoms with Gasteiger partial charge >= 0.3 is 0 Å². The second-order valence-electron chi connectivity index (χ2n) is 4.57. The summed E-state index contributed by atoms with van der Waals surface area (Å²) in [6.07, 6.45) is 6.12. The first-order chi connectivity index (χ1) is 4.18. The van der Waals surface area contributed by atoms with Crippen LogP contribution in [-0.4, -0.2) is 0 Å². The van der Waals surface area contributed by atoms with E-state index in [1.165, 1.54) is 19.3 Å². The van der Waals surface area contributed by atoms with Crippen LogP contribution in [-0.2, 0) is 0 Å². The zero-order valence-electron chi connectivity index (χ0n) is 6.48. The molecule has 2 aliphatic carbocycles. The van der Waals surface area contributed by atoms with E-state index in [2.05, 4.69) is 13.8 Å². The SMILES string of the molecule is CC1(C)C[C@H]2CC[C@H]1C2. The molecule has 2 atom stereocenters. The molecule has 0 amide bonds. The molecule has 0 aromatic heterocycles. The molecule has 2 aliphatic rings. The summed E-state index contributed by atoms with van der Waals surface area (Å²) in [4.78, 5) is 0. The minimum Gasteiger partial charge on any atom is -0.0596 e. The van der Waals surface area contributed by atoms with E-state index in [0.717, 1.165) is 11.8 Å². The average molecular weight is 124 g/mol. The third kappa shape index (κ3) is 0.720. The Bertz CT molecular complexity index is 124. The Kier molecular flexibility index (Phi) is 0.980. The molecule has 9 heavy (non-hydrogen) atoms. The van der Waals surface area contributed by atoms with Gasteiger partial charge in [0.1, 0.15) is 0 Å². The standard InChI is InChI=1S/C9H16/c1-9(2)6-7-3-4-8(9)5-7/h7-8H,3-6H2,1-2H3/t7-,8-/m0/s1. The Morgan fingerprint density at radius 3 is 2.22 bits per heavy atom. The summed E-state index contributed by atoms with van der Waals surface area (Å²) in [7, 11) is 0. The summed E-state index contributed by atoms with van der Waals surface area (Å²) in [5.74, 6) is 2.20. The van der Waals surface area contributed by atoms with Crippen LogP contribution in [0.1, 0.15) is 39.5 Å². The predicted molar refractivity (Wildman–Crippen MR) is 39.2 cm³/mol. The molecule has 0 heteroatoms. The Balaban J connectivity index is 2.18. The van der Waals surface area contributed by atoms with Crippen molar-refractivity contribution in [1.29, 1.82) is 0 Å². The molecule has 0 saturated heterocycles. The molecule has 2 bridgehead atoms. The van der Waals surface area contributed by atoms with Crippen molar-refractivity contribution in [2.45, 2.75) is 39.5 Å². The molecule has 0 aliphatic heterocycles. The molecule has 52 valence electrons. The second kappa shape index (κ2) is 1.53. The lowest BCUT2D eigenvalue weighted by Crippen LogP contribution is -2.19. The third-order valence-electron chi connectivity index (χ3n) is 3.46. The topological polar surface area (TPSA) is 0 Å². The molecule has 0 N–H and O–H groups in total. The van der Waals surface area contributed by atoms with E-state index in [-0.39, 0.29) is 0 Å². The molecule has 0 spiro atoms. The van der Waals surface area contributed by atoms with Gasteiger partial charge in [-0.1, -0.05) is 20.3 Å². The lowest BCUT2D eigenvalue weighted by molar-refractivity contribution is 0.217. The fraction of sp³-hybridized carbons (Fsp3) is 1.00. The van der Waals surface area contributed by atoms with Gasteiger partial charge in [0.2, 0.25) is 0 Å². The number of hydrogen-bond acceptors (Lipinski definition) is 0. The van der Waals surface area contributed by atoms with Gasteiger partial charge in [-0.05, 0) is 36.5 Å². The highest BCUT2D eigenvalue weighted by Crippen LogP contribution is 2.55. The first-order valence-electron chi connectivity index (χ1n) is 4.18. The Hall–Kier alpha value is 0. The highest BCUT2D eigenvalue weighted by molar-refractivity contribution is 4.95.